The Balaban J connectivity index is 0.000000224. The number of halogens is 2. The number of aliphatic hydroxyl groups is 1. The summed E-state index contributed by atoms with van der Waals surface area (Å²) >= 11 is 22.2. The van der Waals surface area contributed by atoms with Crippen LogP contribution in [0.3, 0.4) is 0 Å². The van der Waals surface area contributed by atoms with E-state index >= 15 is 0 Å². The molecule has 5 aromatic rings. The standard InChI is InChI=1S/C32H45ClN7O9PS.C28H43ClN5O9P.CH2S/c1-8-45-50(7,42)22(17-44-30(51)38-14-13-34-18-38)43-16-21-23-24(48-32(5,6)47-23)27(46-21)40-26-20(15-35-40)25(36-28(33)37-26)39(19-11-9-10-12-19)29(41)49-31(2,3)4;1-8-39-44(7,37)19(14-35)38-15-18-20-21(42-28(5,6)41-20)24(40-18)34-23-17(13-30-34)22(31-25(29)32-23)33(16-11-9-10-12-16)26(36)43-27(2,3)4;1-2/h13-15,18-19,21-24,27H,8-12,16-17H2,1-7H3;13,16,18-21,24,35H,8-12,14-15H2,1-7H3;1H2/t21-,22?,23-,24-,27-,50?;18-,19?,20-,21-,24-,44?;/m11./s1. The van der Waals surface area contributed by atoms with Gasteiger partial charge in [-0.05, 0) is 150 Å². The molecule has 97 heavy (non-hydrogen) atoms. The fourth-order valence-corrected chi connectivity index (χ4v) is 15.8. The number of thiocarbonyl (C=S) groups is 2. The summed E-state index contributed by atoms with van der Waals surface area (Å²) in [6.45, 7) is 24.2. The van der Waals surface area contributed by atoms with Gasteiger partial charge in [0, 0.05) is 37.8 Å². The minimum absolute atomic E-state index is 0.0534. The molecule has 4 unspecified atom stereocenters. The van der Waals surface area contributed by atoms with Crippen LogP contribution in [0.25, 0.3) is 22.1 Å². The van der Waals surface area contributed by atoms with Gasteiger partial charge in [0.05, 0.1) is 56.2 Å². The molecule has 11 rings (SSSR count). The number of carbonyl (C=O) groups is 2. The zero-order chi connectivity index (χ0) is 70.7. The van der Waals surface area contributed by atoms with E-state index in [0.29, 0.717) is 33.7 Å². The van der Waals surface area contributed by atoms with E-state index in [1.165, 1.54) is 24.2 Å². The minimum atomic E-state index is -3.34. The van der Waals surface area contributed by atoms with Crippen LogP contribution in [-0.4, -0.2) is 214 Å². The Hall–Kier alpha value is -4.57. The van der Waals surface area contributed by atoms with E-state index in [1.807, 2.05) is 55.4 Å². The van der Waals surface area contributed by atoms with Gasteiger partial charge in [-0.15, -0.1) is 0 Å². The molecule has 12 atom stereocenters. The maximum atomic E-state index is 13.7. The van der Waals surface area contributed by atoms with Gasteiger partial charge in [-0.1, -0.05) is 37.9 Å². The highest BCUT2D eigenvalue weighted by atomic mass is 35.5. The summed E-state index contributed by atoms with van der Waals surface area (Å²) in [5, 5.41) is 20.1. The number of imidazole rings is 1. The highest BCUT2D eigenvalue weighted by molar-refractivity contribution is 7.80. The van der Waals surface area contributed by atoms with E-state index in [1.54, 1.807) is 71.6 Å². The molecule has 0 aromatic carbocycles. The summed E-state index contributed by atoms with van der Waals surface area (Å²) in [6, 6.07) is -0.245. The molecule has 6 aliphatic rings. The average Bonchev–Trinajstić information content (AvgIpc) is 1.60. The third-order valence-electron chi connectivity index (χ3n) is 16.5. The van der Waals surface area contributed by atoms with E-state index in [2.05, 4.69) is 53.2 Å². The van der Waals surface area contributed by atoms with Gasteiger partial charge in [-0.3, -0.25) is 23.5 Å². The average molecular weight is 1480 g/mol. The van der Waals surface area contributed by atoms with Crippen LogP contribution in [0.5, 0.6) is 0 Å². The SMILES string of the molecule is C=S.CCOP(C)(=O)C(CO)OC[C@H]1O[C@@H](n2ncc3c(N(C(=O)OC(C)(C)C)C4CCCC4)nc(Cl)nc32)[C@@H]2OC(C)(C)O[C@@H]21.CCOP(C)(=O)C(COC(=S)n1ccnc1)OC[C@H]1O[C@@H](n2ncc3c(N(C(=O)OC(C)(C)C)C4CCCC4)nc(Cl)nc32)[C@@H]2OC(C)(C)O[C@@H]21. The predicted octanol–water partition coefficient (Wildman–Crippen LogP) is 11.4. The minimum Gasteiger partial charge on any atom is -0.467 e. The summed E-state index contributed by atoms with van der Waals surface area (Å²) < 4.78 is 110. The zero-order valence-electron chi connectivity index (χ0n) is 57.1. The molecule has 0 radical (unpaired) electrons. The Kier molecular flexibility index (Phi) is 24.8. The molecule has 2 saturated carbocycles. The van der Waals surface area contributed by atoms with E-state index in [0.717, 1.165) is 51.4 Å². The molecule has 2 amide bonds. The summed E-state index contributed by atoms with van der Waals surface area (Å²) in [6.07, 6.45) is 8.47. The molecule has 5 aromatic heterocycles. The Bertz CT molecular complexity index is 3650. The number of ether oxygens (including phenoxy) is 11. The molecule has 2 aliphatic carbocycles. The van der Waals surface area contributed by atoms with E-state index < -0.39 is 117 Å². The lowest BCUT2D eigenvalue weighted by molar-refractivity contribution is -0.204. The summed E-state index contributed by atoms with van der Waals surface area (Å²) in [5.74, 6) is -0.462. The molecule has 538 valence electrons. The number of carbonyl (C=O) groups excluding carboxylic acids is 2. The van der Waals surface area contributed by atoms with Crippen LogP contribution >= 0.6 is 62.4 Å². The number of aromatic nitrogens is 10. The van der Waals surface area contributed by atoms with Crippen LogP contribution in [0, 0.1) is 0 Å². The van der Waals surface area contributed by atoms with Crippen LogP contribution in [0.2, 0.25) is 10.6 Å². The Labute approximate surface area is 584 Å². The quantitative estimate of drug-likeness (QED) is 0.0405. The van der Waals surface area contributed by atoms with Gasteiger partial charge < -0.3 is 66.3 Å². The number of anilines is 2. The lowest BCUT2D eigenvalue weighted by Gasteiger charge is -2.31. The van der Waals surface area contributed by atoms with Gasteiger partial charge in [0.2, 0.25) is 25.3 Å². The van der Waals surface area contributed by atoms with Crippen LogP contribution in [0.4, 0.5) is 21.2 Å². The number of nitrogens with zero attached hydrogens (tertiary/aromatic N) is 12. The second-order valence-electron chi connectivity index (χ2n) is 27.1. The third kappa shape index (κ3) is 18.0. The molecule has 4 aliphatic heterocycles. The molecule has 9 heterocycles. The second-order valence-corrected chi connectivity index (χ2v) is 33.4. The monoisotopic (exact) mass is 1470 g/mol. The van der Waals surface area contributed by atoms with Crippen LogP contribution in [0.1, 0.15) is 147 Å². The van der Waals surface area contributed by atoms with Gasteiger partial charge in [-0.25, -0.2) is 23.9 Å². The topological polar surface area (TPSA) is 320 Å². The number of aliphatic hydroxyl groups excluding tert-OH is 1. The summed E-state index contributed by atoms with van der Waals surface area (Å²) in [5.41, 5.74) is -0.764. The van der Waals surface area contributed by atoms with Gasteiger partial charge in [0.25, 0.3) is 5.17 Å². The summed E-state index contributed by atoms with van der Waals surface area (Å²) in [4.78, 5) is 52.3. The Morgan fingerprint density at radius 1 is 0.691 bits per heavy atom. The van der Waals surface area contributed by atoms with Crippen molar-refractivity contribution in [2.24, 2.45) is 0 Å². The van der Waals surface area contributed by atoms with Crippen molar-refractivity contribution in [2.45, 2.75) is 230 Å². The summed E-state index contributed by atoms with van der Waals surface area (Å²) in [7, 11) is -6.60. The van der Waals surface area contributed by atoms with Gasteiger partial charge in [-0.2, -0.15) is 30.1 Å². The second kappa shape index (κ2) is 31.4. The molecule has 4 saturated heterocycles. The van der Waals surface area contributed by atoms with Crippen LogP contribution in [-0.2, 0) is 70.3 Å². The molecule has 36 heteroatoms. The van der Waals surface area contributed by atoms with E-state index in [9.17, 15) is 23.8 Å². The predicted molar refractivity (Wildman–Crippen MR) is 366 cm³/mol. The maximum absolute atomic E-state index is 13.7. The largest absolute Gasteiger partial charge is 0.467 e. The maximum Gasteiger partial charge on any atom is 0.416 e. The van der Waals surface area contributed by atoms with Gasteiger partial charge >= 0.3 is 12.2 Å². The lowest BCUT2D eigenvalue weighted by atomic mass is 10.1. The number of amides is 2. The Morgan fingerprint density at radius 2 is 1.09 bits per heavy atom. The molecule has 0 bridgehead atoms. The molecule has 30 nitrogen and oxygen atoms in total. The lowest BCUT2D eigenvalue weighted by Crippen LogP contribution is -2.43. The van der Waals surface area contributed by atoms with Gasteiger partial charge in [0.15, 0.2) is 58.7 Å². The first-order valence-electron chi connectivity index (χ1n) is 32.3. The van der Waals surface area contributed by atoms with Crippen LogP contribution < -0.4 is 9.80 Å². The molecule has 1 N–H and O–H groups in total. The number of rotatable bonds is 21. The van der Waals surface area contributed by atoms with Crippen molar-refractivity contribution in [3.05, 3.63) is 41.7 Å². The Morgan fingerprint density at radius 3 is 1.47 bits per heavy atom. The van der Waals surface area contributed by atoms with Gasteiger partial charge in [0.1, 0.15) is 60.8 Å². The molecule has 6 fully saturated rings. The first kappa shape index (κ1) is 76.6. The smallest absolute Gasteiger partial charge is 0.416 e. The highest BCUT2D eigenvalue weighted by Gasteiger charge is 2.59. The first-order chi connectivity index (χ1) is 45.7. The zero-order valence-corrected chi connectivity index (χ0v) is 62.1. The number of fused-ring (bicyclic) bond motifs is 4. The first-order valence-corrected chi connectivity index (χ1v) is 38.3. The number of hydrogen-bond acceptors (Lipinski definition) is 27. The number of hydrogen-bond donors (Lipinski definition) is 1. The third-order valence-corrected chi connectivity index (χ3v) is 21.4. The van der Waals surface area contributed by atoms with Crippen molar-refractivity contribution in [3.8, 4) is 0 Å². The fraction of sp³-hybridized carbons (Fsp3) is 0.721. The molecular formula is C61H90Cl2N12O18P2S2. The van der Waals surface area contributed by atoms with Crippen LogP contribution in [0.15, 0.2) is 31.1 Å². The normalized spacial score (nSPS) is 25.7. The van der Waals surface area contributed by atoms with Crippen molar-refractivity contribution < 1.29 is 85.0 Å². The van der Waals surface area contributed by atoms with Crippen molar-refractivity contribution in [3.63, 3.8) is 0 Å². The van der Waals surface area contributed by atoms with Crippen molar-refractivity contribution in [1.82, 2.24) is 49.0 Å². The van der Waals surface area contributed by atoms with E-state index in [4.69, 9.17) is 96.6 Å². The van der Waals surface area contributed by atoms with Crippen molar-refractivity contribution in [1.29, 1.82) is 0 Å². The van der Waals surface area contributed by atoms with Crippen molar-refractivity contribution in [2.75, 3.05) is 62.8 Å². The fourth-order valence-electron chi connectivity index (χ4n) is 12.6. The molecule has 0 spiro atoms. The van der Waals surface area contributed by atoms with Crippen molar-refractivity contribution >= 4 is 119 Å². The molecular weight excluding hydrogens is 1390 g/mol. The highest BCUT2D eigenvalue weighted by Crippen LogP contribution is 2.52. The van der Waals surface area contributed by atoms with E-state index in [-0.39, 0.29) is 60.9 Å².